The Morgan fingerprint density at radius 3 is 2.57 bits per heavy atom. The second-order valence-corrected chi connectivity index (χ2v) is 5.26. The van der Waals surface area contributed by atoms with Crippen molar-refractivity contribution in [3.8, 4) is 11.5 Å². The summed E-state index contributed by atoms with van der Waals surface area (Å²) in [6.07, 6.45) is -0.376. The van der Waals surface area contributed by atoms with E-state index in [0.29, 0.717) is 28.0 Å². The third kappa shape index (κ3) is 3.66. The summed E-state index contributed by atoms with van der Waals surface area (Å²) in [6.45, 7) is 0.289. The fourth-order valence-corrected chi connectivity index (χ4v) is 2.43. The molecule has 0 radical (unpaired) electrons. The molecule has 2 rings (SSSR count). The van der Waals surface area contributed by atoms with Crippen molar-refractivity contribution in [2.24, 2.45) is 0 Å². The molecular formula is C14H15BrO6. The molecule has 7 heteroatoms. The van der Waals surface area contributed by atoms with Crippen molar-refractivity contribution in [3.05, 3.63) is 22.2 Å². The van der Waals surface area contributed by atoms with E-state index in [9.17, 15) is 9.59 Å². The van der Waals surface area contributed by atoms with Gasteiger partial charge >= 0.3 is 11.9 Å². The van der Waals surface area contributed by atoms with Crippen molar-refractivity contribution in [2.75, 3.05) is 20.8 Å². The van der Waals surface area contributed by atoms with Gasteiger partial charge in [0.05, 0.1) is 27.2 Å². The van der Waals surface area contributed by atoms with Crippen molar-refractivity contribution in [2.45, 2.75) is 18.9 Å². The molecule has 6 nitrogen and oxygen atoms in total. The van der Waals surface area contributed by atoms with Crippen LogP contribution in [0.5, 0.6) is 11.5 Å². The average molecular weight is 359 g/mol. The molecular weight excluding hydrogens is 344 g/mol. The summed E-state index contributed by atoms with van der Waals surface area (Å²) in [7, 11) is 3.05. The fourth-order valence-electron chi connectivity index (χ4n) is 1.97. The highest BCUT2D eigenvalue weighted by molar-refractivity contribution is 9.10. The zero-order valence-corrected chi connectivity index (χ0v) is 13.3. The third-order valence-electron chi connectivity index (χ3n) is 3.05. The van der Waals surface area contributed by atoms with Gasteiger partial charge in [-0.25, -0.2) is 4.79 Å². The van der Waals surface area contributed by atoms with Crippen molar-refractivity contribution in [3.63, 3.8) is 0 Å². The van der Waals surface area contributed by atoms with Gasteiger partial charge in [-0.05, 0) is 17.7 Å². The standard InChI is InChI=1S/C14H15BrO6/c1-18-11-5-8(9(15)7-12(11)19-2)6-13(16)21-10-3-4-20-14(10)17/h5,7,10H,3-4,6H2,1-2H3/t10-/m0/s1. The number of halogens is 1. The number of esters is 2. The van der Waals surface area contributed by atoms with E-state index in [1.165, 1.54) is 14.2 Å². The summed E-state index contributed by atoms with van der Waals surface area (Å²) in [5, 5.41) is 0. The first-order valence-corrected chi connectivity index (χ1v) is 7.11. The Bertz CT molecular complexity index is 557. The molecule has 0 spiro atoms. The van der Waals surface area contributed by atoms with Crippen LogP contribution in [0.25, 0.3) is 0 Å². The van der Waals surface area contributed by atoms with Gasteiger partial charge in [0, 0.05) is 10.9 Å². The number of methoxy groups -OCH3 is 2. The molecule has 0 aliphatic carbocycles. The Morgan fingerprint density at radius 2 is 2.00 bits per heavy atom. The molecule has 21 heavy (non-hydrogen) atoms. The summed E-state index contributed by atoms with van der Waals surface area (Å²) in [6, 6.07) is 3.41. The van der Waals surface area contributed by atoms with Crippen LogP contribution >= 0.6 is 15.9 Å². The van der Waals surface area contributed by atoms with Crippen LogP contribution in [0.3, 0.4) is 0 Å². The first-order valence-electron chi connectivity index (χ1n) is 6.31. The second-order valence-electron chi connectivity index (χ2n) is 4.41. The zero-order valence-electron chi connectivity index (χ0n) is 11.7. The lowest BCUT2D eigenvalue weighted by Crippen LogP contribution is -2.23. The topological polar surface area (TPSA) is 71.1 Å². The number of ether oxygens (including phenoxy) is 4. The smallest absolute Gasteiger partial charge is 0.347 e. The number of cyclic esters (lactones) is 1. The van der Waals surface area contributed by atoms with Gasteiger partial charge in [-0.1, -0.05) is 15.9 Å². The highest BCUT2D eigenvalue weighted by Crippen LogP contribution is 2.33. The van der Waals surface area contributed by atoms with E-state index in [1.807, 2.05) is 0 Å². The van der Waals surface area contributed by atoms with E-state index in [2.05, 4.69) is 15.9 Å². The van der Waals surface area contributed by atoms with Gasteiger partial charge in [0.1, 0.15) is 0 Å². The number of carbonyl (C=O) groups is 2. The predicted octanol–water partition coefficient (Wildman–Crippen LogP) is 1.87. The van der Waals surface area contributed by atoms with Gasteiger partial charge in [-0.15, -0.1) is 0 Å². The van der Waals surface area contributed by atoms with Gasteiger partial charge < -0.3 is 18.9 Å². The van der Waals surface area contributed by atoms with Crippen molar-refractivity contribution < 1.29 is 28.5 Å². The Labute approximate surface area is 130 Å². The first-order chi connectivity index (χ1) is 10.0. The monoisotopic (exact) mass is 358 g/mol. The van der Waals surface area contributed by atoms with Gasteiger partial charge in [0.15, 0.2) is 11.5 Å². The van der Waals surface area contributed by atoms with Crippen LogP contribution in [-0.4, -0.2) is 38.9 Å². The number of hydrogen-bond donors (Lipinski definition) is 0. The van der Waals surface area contributed by atoms with E-state index in [4.69, 9.17) is 18.9 Å². The van der Waals surface area contributed by atoms with Gasteiger partial charge in [0.2, 0.25) is 6.10 Å². The van der Waals surface area contributed by atoms with Gasteiger partial charge in [-0.3, -0.25) is 4.79 Å². The van der Waals surface area contributed by atoms with Crippen LogP contribution in [0, 0.1) is 0 Å². The van der Waals surface area contributed by atoms with Crippen LogP contribution in [0.2, 0.25) is 0 Å². The Morgan fingerprint density at radius 1 is 1.33 bits per heavy atom. The molecule has 0 amide bonds. The lowest BCUT2D eigenvalue weighted by Gasteiger charge is -2.12. The minimum Gasteiger partial charge on any atom is -0.493 e. The molecule has 0 saturated carbocycles. The van der Waals surface area contributed by atoms with E-state index in [-0.39, 0.29) is 13.0 Å². The van der Waals surface area contributed by atoms with Crippen LogP contribution < -0.4 is 9.47 Å². The lowest BCUT2D eigenvalue weighted by molar-refractivity contribution is -0.159. The summed E-state index contributed by atoms with van der Waals surface area (Å²) in [5.74, 6) is 0.0890. The summed E-state index contributed by atoms with van der Waals surface area (Å²) < 4.78 is 20.9. The van der Waals surface area contributed by atoms with Crippen LogP contribution in [0.4, 0.5) is 0 Å². The van der Waals surface area contributed by atoms with Crippen molar-refractivity contribution in [1.82, 2.24) is 0 Å². The second kappa shape index (κ2) is 6.80. The predicted molar refractivity (Wildman–Crippen MR) is 76.4 cm³/mol. The fraction of sp³-hybridized carbons (Fsp3) is 0.429. The molecule has 1 aliphatic heterocycles. The van der Waals surface area contributed by atoms with E-state index in [1.54, 1.807) is 12.1 Å². The molecule has 1 aromatic carbocycles. The average Bonchev–Trinajstić information content (AvgIpc) is 2.85. The molecule has 1 saturated heterocycles. The molecule has 114 valence electrons. The van der Waals surface area contributed by atoms with Crippen LogP contribution in [0.15, 0.2) is 16.6 Å². The molecule has 1 heterocycles. The highest BCUT2D eigenvalue weighted by atomic mass is 79.9. The highest BCUT2D eigenvalue weighted by Gasteiger charge is 2.30. The first kappa shape index (κ1) is 15.6. The minimum atomic E-state index is -0.795. The van der Waals surface area contributed by atoms with E-state index >= 15 is 0 Å². The quantitative estimate of drug-likeness (QED) is 0.748. The van der Waals surface area contributed by atoms with Crippen molar-refractivity contribution in [1.29, 1.82) is 0 Å². The molecule has 1 fully saturated rings. The number of hydrogen-bond acceptors (Lipinski definition) is 6. The number of carbonyl (C=O) groups excluding carboxylic acids is 2. The minimum absolute atomic E-state index is 0.0186. The zero-order chi connectivity index (χ0) is 15.4. The van der Waals surface area contributed by atoms with Crippen LogP contribution in [-0.2, 0) is 25.5 Å². The van der Waals surface area contributed by atoms with Gasteiger partial charge in [-0.2, -0.15) is 0 Å². The molecule has 0 unspecified atom stereocenters. The maximum absolute atomic E-state index is 11.9. The largest absolute Gasteiger partial charge is 0.493 e. The molecule has 0 bridgehead atoms. The lowest BCUT2D eigenvalue weighted by atomic mass is 10.1. The van der Waals surface area contributed by atoms with E-state index in [0.717, 1.165) is 0 Å². The molecule has 1 atom stereocenters. The molecule has 0 N–H and O–H groups in total. The summed E-state index contributed by atoms with van der Waals surface area (Å²) in [4.78, 5) is 23.2. The molecule has 0 aromatic heterocycles. The SMILES string of the molecule is COc1cc(Br)c(CC(=O)O[C@H]2CCOC2=O)cc1OC. The van der Waals surface area contributed by atoms with Gasteiger partial charge in [0.25, 0.3) is 0 Å². The third-order valence-corrected chi connectivity index (χ3v) is 3.79. The molecule has 1 aliphatic rings. The molecule has 1 aromatic rings. The number of rotatable bonds is 5. The van der Waals surface area contributed by atoms with Crippen LogP contribution in [0.1, 0.15) is 12.0 Å². The van der Waals surface area contributed by atoms with E-state index < -0.39 is 18.0 Å². The Balaban J connectivity index is 2.08. The summed E-state index contributed by atoms with van der Waals surface area (Å²) in [5.41, 5.74) is 0.684. The maximum Gasteiger partial charge on any atom is 0.347 e. The normalized spacial score (nSPS) is 17.3. The van der Waals surface area contributed by atoms with Crippen molar-refractivity contribution >= 4 is 27.9 Å². The number of benzene rings is 1. The maximum atomic E-state index is 11.9. The summed E-state index contributed by atoms with van der Waals surface area (Å²) >= 11 is 3.37. The Kier molecular flexibility index (Phi) is 5.06. The Hall–Kier alpha value is -1.76.